The zero-order valence-corrected chi connectivity index (χ0v) is 16.2. The standard InChI is InChI=1S/C18H24F3NO3S/c1-11-10-17(6-7-22(11)15(23)25-16(2,3)4)12-9-14(18(19,20)21)26-13(12)5-8-24-17/h9,11H,5-8,10H2,1-4H3/t11-,17+/m0/s1. The van der Waals surface area contributed by atoms with E-state index in [0.29, 0.717) is 38.0 Å². The van der Waals surface area contributed by atoms with Crippen LogP contribution in [0.2, 0.25) is 0 Å². The first-order valence-electron chi connectivity index (χ1n) is 8.75. The van der Waals surface area contributed by atoms with Crippen molar-refractivity contribution in [2.45, 2.75) is 70.4 Å². The first-order chi connectivity index (χ1) is 11.9. The number of piperidine rings is 1. The first kappa shape index (κ1) is 19.5. The maximum Gasteiger partial charge on any atom is 0.425 e. The Balaban J connectivity index is 1.82. The highest BCUT2D eigenvalue weighted by Crippen LogP contribution is 2.48. The van der Waals surface area contributed by atoms with Crippen LogP contribution in [-0.4, -0.2) is 35.8 Å². The summed E-state index contributed by atoms with van der Waals surface area (Å²) in [5, 5.41) is 0. The number of hydrogen-bond donors (Lipinski definition) is 0. The van der Waals surface area contributed by atoms with Gasteiger partial charge < -0.3 is 14.4 Å². The van der Waals surface area contributed by atoms with Gasteiger partial charge in [0.15, 0.2) is 0 Å². The van der Waals surface area contributed by atoms with Crippen molar-refractivity contribution in [1.82, 2.24) is 4.90 Å². The maximum absolute atomic E-state index is 13.1. The molecule has 146 valence electrons. The van der Waals surface area contributed by atoms with E-state index in [2.05, 4.69) is 0 Å². The molecule has 0 aliphatic carbocycles. The molecule has 1 fully saturated rings. The topological polar surface area (TPSA) is 38.8 Å². The van der Waals surface area contributed by atoms with Gasteiger partial charge >= 0.3 is 12.3 Å². The zero-order chi connectivity index (χ0) is 19.3. The molecule has 1 aromatic heterocycles. The van der Waals surface area contributed by atoms with Gasteiger partial charge in [0.2, 0.25) is 0 Å². The van der Waals surface area contributed by atoms with Crippen molar-refractivity contribution >= 4 is 17.4 Å². The molecule has 2 aliphatic rings. The van der Waals surface area contributed by atoms with Gasteiger partial charge in [-0.15, -0.1) is 11.3 Å². The lowest BCUT2D eigenvalue weighted by Gasteiger charge is -2.47. The summed E-state index contributed by atoms with van der Waals surface area (Å²) in [7, 11) is 0. The molecule has 8 heteroatoms. The van der Waals surface area contributed by atoms with Crippen molar-refractivity contribution < 1.29 is 27.4 Å². The molecule has 1 spiro atoms. The van der Waals surface area contributed by atoms with Gasteiger partial charge in [-0.3, -0.25) is 0 Å². The van der Waals surface area contributed by atoms with E-state index in [4.69, 9.17) is 9.47 Å². The lowest BCUT2D eigenvalue weighted by Crippen LogP contribution is -2.53. The molecule has 2 aliphatic heterocycles. The Labute approximate surface area is 155 Å². The molecule has 0 unspecified atom stereocenters. The highest BCUT2D eigenvalue weighted by Gasteiger charge is 2.47. The monoisotopic (exact) mass is 391 g/mol. The Morgan fingerprint density at radius 1 is 1.38 bits per heavy atom. The van der Waals surface area contributed by atoms with Crippen molar-refractivity contribution in [2.75, 3.05) is 13.2 Å². The van der Waals surface area contributed by atoms with Crippen molar-refractivity contribution in [3.05, 3.63) is 21.4 Å². The number of carbonyl (C=O) groups is 1. The summed E-state index contributed by atoms with van der Waals surface area (Å²) in [4.78, 5) is 14.2. The van der Waals surface area contributed by atoms with Crippen LogP contribution in [0.15, 0.2) is 6.07 Å². The predicted octanol–water partition coefficient (Wildman–Crippen LogP) is 4.95. The van der Waals surface area contributed by atoms with Gasteiger partial charge in [0.1, 0.15) is 10.5 Å². The molecule has 0 aromatic carbocycles. The molecule has 1 aromatic rings. The molecular weight excluding hydrogens is 367 g/mol. The second kappa shape index (κ2) is 6.41. The van der Waals surface area contributed by atoms with Crippen molar-refractivity contribution in [2.24, 2.45) is 0 Å². The van der Waals surface area contributed by atoms with Gasteiger partial charge in [0, 0.05) is 30.3 Å². The Hall–Kier alpha value is -1.28. The Morgan fingerprint density at radius 3 is 2.65 bits per heavy atom. The van der Waals surface area contributed by atoms with Gasteiger partial charge in [0.05, 0.1) is 12.2 Å². The van der Waals surface area contributed by atoms with E-state index in [1.165, 1.54) is 6.07 Å². The second-order valence-corrected chi connectivity index (χ2v) is 9.15. The number of amides is 1. The molecule has 0 saturated carbocycles. The Bertz CT molecular complexity index is 695. The molecule has 3 rings (SSSR count). The Kier molecular flexibility index (Phi) is 4.80. The summed E-state index contributed by atoms with van der Waals surface area (Å²) >= 11 is 0.816. The van der Waals surface area contributed by atoms with Gasteiger partial charge in [-0.05, 0) is 45.7 Å². The van der Waals surface area contributed by atoms with E-state index in [0.717, 1.165) is 16.2 Å². The molecule has 3 heterocycles. The number of ether oxygens (including phenoxy) is 2. The average Bonchev–Trinajstić information content (AvgIpc) is 2.91. The molecule has 1 amide bonds. The number of carbonyl (C=O) groups excluding carboxylic acids is 1. The molecule has 0 bridgehead atoms. The maximum atomic E-state index is 13.1. The highest BCUT2D eigenvalue weighted by atomic mass is 32.1. The first-order valence-corrected chi connectivity index (χ1v) is 9.57. The summed E-state index contributed by atoms with van der Waals surface area (Å²) < 4.78 is 50.9. The van der Waals surface area contributed by atoms with E-state index in [1.54, 1.807) is 4.90 Å². The van der Waals surface area contributed by atoms with E-state index in [9.17, 15) is 18.0 Å². The van der Waals surface area contributed by atoms with Gasteiger partial charge in [-0.1, -0.05) is 0 Å². The lowest BCUT2D eigenvalue weighted by atomic mass is 9.79. The number of likely N-dealkylation sites (tertiary alicyclic amines) is 1. The molecule has 4 nitrogen and oxygen atoms in total. The minimum Gasteiger partial charge on any atom is -0.444 e. The van der Waals surface area contributed by atoms with Crippen LogP contribution in [0.4, 0.5) is 18.0 Å². The molecule has 26 heavy (non-hydrogen) atoms. The molecule has 1 saturated heterocycles. The quantitative estimate of drug-likeness (QED) is 0.628. The van der Waals surface area contributed by atoms with E-state index in [1.807, 2.05) is 27.7 Å². The van der Waals surface area contributed by atoms with Crippen LogP contribution in [0.3, 0.4) is 0 Å². The fourth-order valence-corrected chi connectivity index (χ4v) is 4.83. The third-order valence-electron chi connectivity index (χ3n) is 4.83. The number of thiophene rings is 1. The highest BCUT2D eigenvalue weighted by molar-refractivity contribution is 7.12. The molecule has 0 radical (unpaired) electrons. The van der Waals surface area contributed by atoms with Crippen molar-refractivity contribution in [1.29, 1.82) is 0 Å². The van der Waals surface area contributed by atoms with E-state index in [-0.39, 0.29) is 6.04 Å². The number of fused-ring (bicyclic) bond motifs is 2. The van der Waals surface area contributed by atoms with Gasteiger partial charge in [-0.2, -0.15) is 13.2 Å². The third-order valence-corrected chi connectivity index (χ3v) is 6.07. The van der Waals surface area contributed by atoms with Crippen LogP contribution in [-0.2, 0) is 27.7 Å². The summed E-state index contributed by atoms with van der Waals surface area (Å²) in [6.45, 7) is 8.11. The summed E-state index contributed by atoms with van der Waals surface area (Å²) in [5.74, 6) is 0. The third kappa shape index (κ3) is 3.71. The van der Waals surface area contributed by atoms with Gasteiger partial charge in [0.25, 0.3) is 0 Å². The summed E-state index contributed by atoms with van der Waals surface area (Å²) in [6, 6.07) is 1.06. The van der Waals surface area contributed by atoms with Crippen molar-refractivity contribution in [3.63, 3.8) is 0 Å². The number of halogens is 3. The normalized spacial score (nSPS) is 26.7. The van der Waals surface area contributed by atoms with Crippen LogP contribution in [0.25, 0.3) is 0 Å². The fraction of sp³-hybridized carbons (Fsp3) is 0.722. The largest absolute Gasteiger partial charge is 0.444 e. The number of hydrogen-bond acceptors (Lipinski definition) is 4. The molecule has 0 N–H and O–H groups in total. The zero-order valence-electron chi connectivity index (χ0n) is 15.4. The van der Waals surface area contributed by atoms with Gasteiger partial charge in [-0.25, -0.2) is 4.79 Å². The summed E-state index contributed by atoms with van der Waals surface area (Å²) in [5.41, 5.74) is -0.683. The van der Waals surface area contributed by atoms with E-state index >= 15 is 0 Å². The van der Waals surface area contributed by atoms with Crippen LogP contribution in [0, 0.1) is 0 Å². The smallest absolute Gasteiger partial charge is 0.425 e. The van der Waals surface area contributed by atoms with Crippen LogP contribution >= 0.6 is 11.3 Å². The summed E-state index contributed by atoms with van der Waals surface area (Å²) in [6.07, 6.45) is -3.30. The molecular formula is C18H24F3NO3S. The predicted molar refractivity (Wildman–Crippen MR) is 92.3 cm³/mol. The molecule has 2 atom stereocenters. The minimum absolute atomic E-state index is 0.182. The van der Waals surface area contributed by atoms with Crippen molar-refractivity contribution in [3.8, 4) is 0 Å². The SMILES string of the molecule is C[C@H]1C[C@@]2(CCN1C(=O)OC(C)(C)C)OCCc1sc(C(F)(F)F)cc12. The van der Waals surface area contributed by atoms with Crippen LogP contribution < -0.4 is 0 Å². The van der Waals surface area contributed by atoms with E-state index < -0.39 is 28.3 Å². The number of alkyl halides is 3. The Morgan fingerprint density at radius 2 is 2.08 bits per heavy atom. The fourth-order valence-electron chi connectivity index (χ4n) is 3.74. The van der Waals surface area contributed by atoms with Crippen LogP contribution in [0.5, 0.6) is 0 Å². The average molecular weight is 391 g/mol. The number of nitrogens with zero attached hydrogens (tertiary/aromatic N) is 1. The second-order valence-electron chi connectivity index (χ2n) is 8.01. The van der Waals surface area contributed by atoms with Crippen LogP contribution in [0.1, 0.15) is 55.9 Å². The number of rotatable bonds is 0. The lowest BCUT2D eigenvalue weighted by molar-refractivity contribution is -0.134. The minimum atomic E-state index is -4.34.